The fraction of sp³-hybridized carbons (Fsp3) is 0.533. The Morgan fingerprint density at radius 1 is 1.43 bits per heavy atom. The molecule has 2 rings (SSSR count). The first kappa shape index (κ1) is 17.7. The van der Waals surface area contributed by atoms with E-state index in [0.717, 1.165) is 0 Å². The van der Waals surface area contributed by atoms with Crippen LogP contribution in [-0.2, 0) is 19.1 Å². The molecule has 1 unspecified atom stereocenters. The second kappa shape index (κ2) is 8.26. The average Bonchev–Trinajstić information content (AvgIpc) is 2.54. The predicted octanol–water partition coefficient (Wildman–Crippen LogP) is 1.93. The van der Waals surface area contributed by atoms with Crippen LogP contribution in [0.5, 0.6) is 5.75 Å². The summed E-state index contributed by atoms with van der Waals surface area (Å²) in [6, 6.07) is 2.68. The lowest BCUT2D eigenvalue weighted by molar-refractivity contribution is -0.148. The topological polar surface area (TPSA) is 78.0 Å². The Morgan fingerprint density at radius 2 is 2.22 bits per heavy atom. The van der Waals surface area contributed by atoms with Crippen LogP contribution in [0.2, 0.25) is 0 Å². The third-order valence-electron chi connectivity index (χ3n) is 3.30. The highest BCUT2D eigenvalue weighted by Gasteiger charge is 2.36. The number of hydrogen-bond acceptors (Lipinski definition) is 6. The van der Waals surface area contributed by atoms with E-state index in [-0.39, 0.29) is 19.1 Å². The van der Waals surface area contributed by atoms with Crippen molar-refractivity contribution in [3.05, 3.63) is 16.7 Å². The van der Waals surface area contributed by atoms with Crippen LogP contribution in [0.4, 0.5) is 5.82 Å². The zero-order valence-electron chi connectivity index (χ0n) is 13.1. The predicted molar refractivity (Wildman–Crippen MR) is 86.4 cm³/mol. The number of anilines is 1. The number of esters is 1. The monoisotopic (exact) mass is 386 g/mol. The van der Waals surface area contributed by atoms with Crippen molar-refractivity contribution in [3.63, 3.8) is 0 Å². The minimum absolute atomic E-state index is 0.126. The van der Waals surface area contributed by atoms with Crippen LogP contribution >= 0.6 is 15.9 Å². The summed E-state index contributed by atoms with van der Waals surface area (Å²) in [5.74, 6) is -0.00973. The first-order chi connectivity index (χ1) is 11.1. The fourth-order valence-electron chi connectivity index (χ4n) is 2.24. The summed E-state index contributed by atoms with van der Waals surface area (Å²) in [7, 11) is 0. The van der Waals surface area contributed by atoms with Crippen LogP contribution in [0.15, 0.2) is 16.7 Å². The van der Waals surface area contributed by atoms with Crippen LogP contribution in [0, 0.1) is 0 Å². The summed E-state index contributed by atoms with van der Waals surface area (Å²) < 4.78 is 16.3. The van der Waals surface area contributed by atoms with E-state index in [1.165, 1.54) is 4.90 Å². The largest absolute Gasteiger partial charge is 0.480 e. The van der Waals surface area contributed by atoms with Gasteiger partial charge in [-0.1, -0.05) is 6.92 Å². The standard InChI is InChI=1S/C15H19BrN2O5/c1-3-10(15(20)22-8-7-21-4-2)18-13(19)9-23-11-5-6-12(16)17-14(11)18/h5-6,10H,3-4,7-9H2,1-2H3. The number of amides is 1. The lowest BCUT2D eigenvalue weighted by atomic mass is 10.1. The zero-order valence-corrected chi connectivity index (χ0v) is 14.7. The minimum Gasteiger partial charge on any atom is -0.480 e. The molecule has 0 spiro atoms. The molecule has 1 aliphatic heterocycles. The van der Waals surface area contributed by atoms with Crippen molar-refractivity contribution in [3.8, 4) is 5.75 Å². The van der Waals surface area contributed by atoms with Gasteiger partial charge in [-0.2, -0.15) is 0 Å². The third kappa shape index (κ3) is 4.20. The van der Waals surface area contributed by atoms with E-state index in [2.05, 4.69) is 20.9 Å². The summed E-state index contributed by atoms with van der Waals surface area (Å²) in [5, 5.41) is 0. The van der Waals surface area contributed by atoms with Crippen LogP contribution in [0.3, 0.4) is 0 Å². The Kier molecular flexibility index (Phi) is 6.35. The summed E-state index contributed by atoms with van der Waals surface area (Å²) >= 11 is 3.27. The second-order valence-corrected chi connectivity index (χ2v) is 5.61. The molecule has 2 heterocycles. The highest BCUT2D eigenvalue weighted by atomic mass is 79.9. The molecule has 1 aromatic heterocycles. The number of halogens is 1. The molecule has 0 fully saturated rings. The Bertz CT molecular complexity index is 581. The highest BCUT2D eigenvalue weighted by Crippen LogP contribution is 2.33. The van der Waals surface area contributed by atoms with Gasteiger partial charge in [-0.15, -0.1) is 0 Å². The van der Waals surface area contributed by atoms with Crippen LogP contribution in [-0.4, -0.2) is 49.3 Å². The van der Waals surface area contributed by atoms with E-state index in [1.54, 1.807) is 12.1 Å². The van der Waals surface area contributed by atoms with Gasteiger partial charge in [-0.25, -0.2) is 9.78 Å². The molecule has 0 saturated carbocycles. The number of nitrogens with zero attached hydrogens (tertiary/aromatic N) is 2. The Labute approximate surface area is 143 Å². The molecule has 1 aromatic rings. The number of rotatable bonds is 7. The zero-order chi connectivity index (χ0) is 16.8. The van der Waals surface area contributed by atoms with Gasteiger partial charge >= 0.3 is 5.97 Å². The molecule has 8 heteroatoms. The maximum Gasteiger partial charge on any atom is 0.329 e. The molecule has 1 atom stereocenters. The van der Waals surface area contributed by atoms with Crippen LogP contribution in [0.1, 0.15) is 20.3 Å². The molecule has 0 aromatic carbocycles. The van der Waals surface area contributed by atoms with E-state index in [0.29, 0.717) is 35.8 Å². The Morgan fingerprint density at radius 3 is 2.91 bits per heavy atom. The summed E-state index contributed by atoms with van der Waals surface area (Å²) in [6.07, 6.45) is 0.410. The van der Waals surface area contributed by atoms with Crippen molar-refractivity contribution in [1.82, 2.24) is 4.98 Å². The third-order valence-corrected chi connectivity index (χ3v) is 3.74. The number of pyridine rings is 1. The van der Waals surface area contributed by atoms with Crippen molar-refractivity contribution in [2.75, 3.05) is 31.3 Å². The maximum atomic E-state index is 12.3. The molecule has 0 saturated heterocycles. The van der Waals surface area contributed by atoms with E-state index in [4.69, 9.17) is 14.2 Å². The number of ether oxygens (including phenoxy) is 3. The van der Waals surface area contributed by atoms with Gasteiger partial charge in [0, 0.05) is 6.61 Å². The molecule has 1 aliphatic rings. The van der Waals surface area contributed by atoms with Gasteiger partial charge in [0.05, 0.1) is 6.61 Å². The summed E-state index contributed by atoms with van der Waals surface area (Å²) in [5.41, 5.74) is 0. The van der Waals surface area contributed by atoms with Crippen molar-refractivity contribution >= 4 is 33.6 Å². The fourth-order valence-corrected chi connectivity index (χ4v) is 2.54. The van der Waals surface area contributed by atoms with Crippen molar-refractivity contribution in [2.24, 2.45) is 0 Å². The number of carbonyl (C=O) groups excluding carboxylic acids is 2. The summed E-state index contributed by atoms with van der Waals surface area (Å²) in [4.78, 5) is 30.2. The lowest BCUT2D eigenvalue weighted by Gasteiger charge is -2.33. The highest BCUT2D eigenvalue weighted by molar-refractivity contribution is 9.10. The normalized spacial score (nSPS) is 14.9. The first-order valence-electron chi connectivity index (χ1n) is 7.44. The smallest absolute Gasteiger partial charge is 0.329 e. The molecule has 23 heavy (non-hydrogen) atoms. The molecule has 0 aliphatic carbocycles. The second-order valence-electron chi connectivity index (χ2n) is 4.80. The SMILES string of the molecule is CCOCCOC(=O)C(CC)N1C(=O)COc2ccc(Br)nc21. The van der Waals surface area contributed by atoms with Crippen LogP contribution < -0.4 is 9.64 Å². The Balaban J connectivity index is 2.18. The van der Waals surface area contributed by atoms with Gasteiger partial charge in [0.15, 0.2) is 18.2 Å². The number of fused-ring (bicyclic) bond motifs is 1. The van der Waals surface area contributed by atoms with Gasteiger partial charge in [0.2, 0.25) is 0 Å². The molecule has 0 radical (unpaired) electrons. The molecular weight excluding hydrogens is 368 g/mol. The van der Waals surface area contributed by atoms with E-state index < -0.39 is 12.0 Å². The van der Waals surface area contributed by atoms with Gasteiger partial charge in [0.25, 0.3) is 5.91 Å². The van der Waals surface area contributed by atoms with E-state index >= 15 is 0 Å². The van der Waals surface area contributed by atoms with Crippen molar-refractivity contribution in [2.45, 2.75) is 26.3 Å². The minimum atomic E-state index is -0.742. The molecule has 1 amide bonds. The number of aromatic nitrogens is 1. The summed E-state index contributed by atoms with van der Waals surface area (Å²) in [6.45, 7) is 4.59. The Hall–Kier alpha value is -1.67. The quantitative estimate of drug-likeness (QED) is 0.404. The lowest BCUT2D eigenvalue weighted by Crippen LogP contribution is -2.50. The molecule has 126 valence electrons. The molecule has 7 nitrogen and oxygen atoms in total. The molecule has 0 N–H and O–H groups in total. The first-order valence-corrected chi connectivity index (χ1v) is 8.23. The van der Waals surface area contributed by atoms with Gasteiger partial charge in [-0.05, 0) is 41.4 Å². The maximum absolute atomic E-state index is 12.3. The van der Waals surface area contributed by atoms with Crippen molar-refractivity contribution in [1.29, 1.82) is 0 Å². The van der Waals surface area contributed by atoms with Gasteiger partial charge in [0.1, 0.15) is 17.3 Å². The molecular formula is C15H19BrN2O5. The van der Waals surface area contributed by atoms with Crippen molar-refractivity contribution < 1.29 is 23.8 Å². The number of hydrogen-bond donors (Lipinski definition) is 0. The van der Waals surface area contributed by atoms with E-state index in [9.17, 15) is 9.59 Å². The van der Waals surface area contributed by atoms with E-state index in [1.807, 2.05) is 13.8 Å². The molecule has 0 bridgehead atoms. The van der Waals surface area contributed by atoms with Gasteiger partial charge < -0.3 is 14.2 Å². The van der Waals surface area contributed by atoms with Crippen LogP contribution in [0.25, 0.3) is 0 Å². The number of carbonyl (C=O) groups is 2. The van der Waals surface area contributed by atoms with Gasteiger partial charge in [-0.3, -0.25) is 9.69 Å². The average molecular weight is 387 g/mol.